The molecule has 2 rings (SSSR count). The number of amides is 1. The van der Waals surface area contributed by atoms with Crippen molar-refractivity contribution >= 4 is 17.6 Å². The fraction of sp³-hybridized carbons (Fsp3) is 0.300. The molecular formula is C20H22F3N7O2. The number of hydrogen-bond donors (Lipinski definition) is 4. The lowest BCUT2D eigenvalue weighted by Gasteiger charge is -2.19. The number of carbonyl (C=O) groups excluding carboxylic acids is 1. The van der Waals surface area contributed by atoms with Gasteiger partial charge in [-0.3, -0.25) is 9.78 Å². The number of carbonyl (C=O) groups is 1. The van der Waals surface area contributed by atoms with Crippen molar-refractivity contribution in [2.24, 2.45) is 16.6 Å². The second-order valence-electron chi connectivity index (χ2n) is 6.66. The highest BCUT2D eigenvalue weighted by Crippen LogP contribution is 2.29. The highest BCUT2D eigenvalue weighted by atomic mass is 19.3. The first-order chi connectivity index (χ1) is 15.1. The number of nitrogens with zero attached hydrogens (tertiary/aromatic N) is 3. The van der Waals surface area contributed by atoms with Gasteiger partial charge < -0.3 is 26.9 Å². The van der Waals surface area contributed by atoms with Crippen molar-refractivity contribution in [2.45, 2.75) is 19.3 Å². The zero-order valence-electron chi connectivity index (χ0n) is 17.2. The minimum absolute atomic E-state index is 0.0206. The zero-order chi connectivity index (χ0) is 23.7. The number of alkyl halides is 2. The van der Waals surface area contributed by atoms with Crippen molar-refractivity contribution < 1.29 is 22.8 Å². The summed E-state index contributed by atoms with van der Waals surface area (Å²) in [5.41, 5.74) is 9.53. The van der Waals surface area contributed by atoms with E-state index in [4.69, 9.17) is 16.3 Å². The number of halogens is 3. The van der Waals surface area contributed by atoms with Gasteiger partial charge in [0.05, 0.1) is 36.8 Å². The summed E-state index contributed by atoms with van der Waals surface area (Å²) in [6, 6.07) is 8.41. The van der Waals surface area contributed by atoms with Crippen LogP contribution < -0.4 is 22.1 Å². The summed E-state index contributed by atoms with van der Waals surface area (Å²) in [6.45, 7) is 0.630. The largest absolute Gasteiger partial charge is 0.391 e. The lowest BCUT2D eigenvalue weighted by molar-refractivity contribution is -0.120. The maximum atomic E-state index is 14.9. The van der Waals surface area contributed by atoms with Crippen LogP contribution in [0.1, 0.15) is 22.5 Å². The third-order valence-corrected chi connectivity index (χ3v) is 4.15. The van der Waals surface area contributed by atoms with Gasteiger partial charge in [-0.05, 0) is 36.3 Å². The molecule has 9 nitrogen and oxygen atoms in total. The maximum absolute atomic E-state index is 14.9. The number of hydrogen-bond acceptors (Lipinski definition) is 6. The number of nitrogens with two attached hydrogens (primary N) is 2. The Morgan fingerprint density at radius 1 is 1.31 bits per heavy atom. The van der Waals surface area contributed by atoms with E-state index in [-0.39, 0.29) is 35.9 Å². The number of aromatic nitrogens is 1. The molecular weight excluding hydrogens is 427 g/mol. The minimum Gasteiger partial charge on any atom is -0.391 e. The molecule has 0 radical (unpaired) electrons. The fourth-order valence-electron chi connectivity index (χ4n) is 2.66. The molecule has 0 aliphatic heterocycles. The van der Waals surface area contributed by atoms with Crippen LogP contribution in [0.4, 0.5) is 18.9 Å². The summed E-state index contributed by atoms with van der Waals surface area (Å²) in [5.74, 6) is -5.24. The lowest BCUT2D eigenvalue weighted by Crippen LogP contribution is -2.30. The molecule has 0 spiro atoms. The van der Waals surface area contributed by atoms with Gasteiger partial charge in [0.15, 0.2) is 5.82 Å². The summed E-state index contributed by atoms with van der Waals surface area (Å²) in [4.78, 5) is 20.6. The number of nitriles is 1. The highest BCUT2D eigenvalue weighted by Gasteiger charge is 2.33. The van der Waals surface area contributed by atoms with E-state index < -0.39 is 36.3 Å². The van der Waals surface area contributed by atoms with Gasteiger partial charge in [-0.15, -0.1) is 0 Å². The second kappa shape index (κ2) is 10.9. The van der Waals surface area contributed by atoms with Crippen LogP contribution in [0.3, 0.4) is 0 Å². The van der Waals surface area contributed by atoms with Gasteiger partial charge in [0.1, 0.15) is 12.3 Å². The zero-order valence-corrected chi connectivity index (χ0v) is 17.2. The Morgan fingerprint density at radius 2 is 2.06 bits per heavy atom. The normalized spacial score (nSPS) is 10.7. The van der Waals surface area contributed by atoms with Crippen molar-refractivity contribution in [1.29, 1.82) is 5.26 Å². The monoisotopic (exact) mass is 449 g/mol. The van der Waals surface area contributed by atoms with Crippen molar-refractivity contribution in [3.8, 4) is 6.07 Å². The number of nitrogens with one attached hydrogen (secondary N) is 2. The van der Waals surface area contributed by atoms with Gasteiger partial charge in [0.2, 0.25) is 11.9 Å². The molecule has 0 fully saturated rings. The Morgan fingerprint density at radius 3 is 2.72 bits per heavy atom. The Hall–Kier alpha value is -4.01. The lowest BCUT2D eigenvalue weighted by atomic mass is 10.0. The molecule has 0 aliphatic carbocycles. The molecule has 170 valence electrons. The topological polar surface area (TPSA) is 151 Å². The number of guanidine groups is 1. The van der Waals surface area contributed by atoms with Crippen LogP contribution in [0.15, 0.2) is 35.5 Å². The van der Waals surface area contributed by atoms with E-state index >= 15 is 0 Å². The Balaban J connectivity index is 2.08. The van der Waals surface area contributed by atoms with Crippen LogP contribution in [-0.4, -0.2) is 36.5 Å². The van der Waals surface area contributed by atoms with E-state index in [1.807, 2.05) is 0 Å². The summed E-state index contributed by atoms with van der Waals surface area (Å²) in [6.07, 6.45) is -0.484. The Labute approximate surface area is 182 Å². The van der Waals surface area contributed by atoms with Gasteiger partial charge >= 0.3 is 5.92 Å². The van der Waals surface area contributed by atoms with E-state index in [0.717, 1.165) is 6.07 Å². The summed E-state index contributed by atoms with van der Waals surface area (Å²) < 4.78 is 43.9. The van der Waals surface area contributed by atoms with E-state index in [1.54, 1.807) is 19.1 Å². The first-order valence-corrected chi connectivity index (χ1v) is 9.39. The molecule has 6 N–H and O–H groups in total. The molecule has 1 aromatic carbocycles. The average molecular weight is 449 g/mol. The Bertz CT molecular complexity index is 1030. The number of oxime groups is 1. The number of pyridine rings is 1. The van der Waals surface area contributed by atoms with E-state index in [0.29, 0.717) is 5.69 Å². The molecule has 2 aromatic rings. The average Bonchev–Trinajstić information content (AvgIpc) is 2.74. The summed E-state index contributed by atoms with van der Waals surface area (Å²) in [7, 11) is 0. The molecule has 0 unspecified atom stereocenters. The standard InChI is InChI=1S/C20H22F3N7O2/c1-12-3-2-4-16(29-12)20(22,23)11-28-15-6-5-13(10-24)14(18(15)21)9-17(31)27-7-8-32-30-19(25)26/h2-6,28H,7-9,11H2,1H3,(H,27,31)(H4,25,26,30). The summed E-state index contributed by atoms with van der Waals surface area (Å²) >= 11 is 0. The van der Waals surface area contributed by atoms with E-state index in [1.165, 1.54) is 18.2 Å². The molecule has 1 heterocycles. The van der Waals surface area contributed by atoms with Gasteiger partial charge in [-0.1, -0.05) is 6.07 Å². The third kappa shape index (κ3) is 6.76. The Kier molecular flexibility index (Phi) is 8.23. The minimum atomic E-state index is -3.38. The van der Waals surface area contributed by atoms with Crippen LogP contribution in [-0.2, 0) is 22.0 Å². The number of benzene rings is 1. The van der Waals surface area contributed by atoms with E-state index in [2.05, 4.69) is 20.8 Å². The molecule has 0 aliphatic rings. The molecule has 0 saturated heterocycles. The van der Waals surface area contributed by atoms with Crippen LogP contribution in [0.5, 0.6) is 0 Å². The molecule has 0 atom stereocenters. The van der Waals surface area contributed by atoms with Gasteiger partial charge in [-0.25, -0.2) is 4.39 Å². The number of anilines is 1. The SMILES string of the molecule is Cc1cccc(C(F)(F)CNc2ccc(C#N)c(CC(=O)NCCON=C(N)N)c2F)n1. The highest BCUT2D eigenvalue weighted by molar-refractivity contribution is 5.80. The van der Waals surface area contributed by atoms with Crippen LogP contribution in [0.25, 0.3) is 0 Å². The van der Waals surface area contributed by atoms with Gasteiger partial charge in [-0.2, -0.15) is 14.0 Å². The quantitative estimate of drug-likeness (QED) is 0.186. The van der Waals surface area contributed by atoms with Crippen molar-refractivity contribution in [2.75, 3.05) is 25.0 Å². The first-order valence-electron chi connectivity index (χ1n) is 9.39. The summed E-state index contributed by atoms with van der Waals surface area (Å²) in [5, 5.41) is 17.3. The van der Waals surface area contributed by atoms with Crippen molar-refractivity contribution in [1.82, 2.24) is 10.3 Å². The van der Waals surface area contributed by atoms with Crippen molar-refractivity contribution in [3.63, 3.8) is 0 Å². The fourth-order valence-corrected chi connectivity index (χ4v) is 2.66. The van der Waals surface area contributed by atoms with Crippen molar-refractivity contribution in [3.05, 3.63) is 58.7 Å². The number of rotatable bonds is 10. The van der Waals surface area contributed by atoms with E-state index in [9.17, 15) is 23.2 Å². The molecule has 12 heteroatoms. The van der Waals surface area contributed by atoms with Gasteiger partial charge in [0.25, 0.3) is 0 Å². The third-order valence-electron chi connectivity index (χ3n) is 4.15. The second-order valence-corrected chi connectivity index (χ2v) is 6.66. The maximum Gasteiger partial charge on any atom is 0.306 e. The smallest absolute Gasteiger partial charge is 0.306 e. The van der Waals surface area contributed by atoms with Crippen LogP contribution >= 0.6 is 0 Å². The van der Waals surface area contributed by atoms with Crippen LogP contribution in [0, 0.1) is 24.1 Å². The van der Waals surface area contributed by atoms with Crippen LogP contribution in [0.2, 0.25) is 0 Å². The molecule has 32 heavy (non-hydrogen) atoms. The molecule has 0 saturated carbocycles. The molecule has 1 amide bonds. The first kappa shape index (κ1) is 24.3. The number of aryl methyl sites for hydroxylation is 1. The molecule has 1 aromatic heterocycles. The van der Waals surface area contributed by atoms with Gasteiger partial charge in [0, 0.05) is 11.3 Å². The predicted molar refractivity (Wildman–Crippen MR) is 111 cm³/mol. The predicted octanol–water partition coefficient (Wildman–Crippen LogP) is 1.47. The molecule has 0 bridgehead atoms.